The second kappa shape index (κ2) is 7.39. The number of hydrogen-bond acceptors (Lipinski definition) is 6. The largest absolute Gasteiger partial charge is 0.489 e. The Kier molecular flexibility index (Phi) is 5.28. The van der Waals surface area contributed by atoms with Crippen molar-refractivity contribution in [3.05, 3.63) is 34.6 Å². The van der Waals surface area contributed by atoms with Crippen LogP contribution in [0.15, 0.2) is 29.0 Å². The second-order valence-electron chi connectivity index (χ2n) is 5.25. The Morgan fingerprint density at radius 3 is 3.14 bits per heavy atom. The van der Waals surface area contributed by atoms with Crippen LogP contribution in [0.4, 0.5) is 5.13 Å². The lowest BCUT2D eigenvalue weighted by Crippen LogP contribution is -2.19. The number of rotatable bonds is 6. The first kappa shape index (κ1) is 15.7. The molecule has 0 spiro atoms. The number of hydrogen-bond donors (Lipinski definition) is 0. The SMILES string of the molecule is CN(Cc1cccc(Br)c1OCC1CCCO1)c1ncns1. The normalized spacial score (nSPS) is 17.6. The van der Waals surface area contributed by atoms with E-state index in [4.69, 9.17) is 9.47 Å². The quantitative estimate of drug-likeness (QED) is 0.763. The predicted octanol–water partition coefficient (Wildman–Crippen LogP) is 3.49. The smallest absolute Gasteiger partial charge is 0.204 e. The fraction of sp³-hybridized carbons (Fsp3) is 0.467. The lowest BCUT2D eigenvalue weighted by molar-refractivity contribution is 0.0673. The first-order chi connectivity index (χ1) is 10.7. The number of halogens is 1. The van der Waals surface area contributed by atoms with Crippen molar-refractivity contribution >= 4 is 32.6 Å². The number of nitrogens with zero attached hydrogens (tertiary/aromatic N) is 3. The standard InChI is InChI=1S/C15H18BrN3O2S/c1-19(15-17-10-18-22-15)8-11-4-2-6-13(16)14(11)21-9-12-5-3-7-20-12/h2,4,6,10,12H,3,5,7-9H2,1H3. The summed E-state index contributed by atoms with van der Waals surface area (Å²) in [6.45, 7) is 2.16. The van der Waals surface area contributed by atoms with Gasteiger partial charge < -0.3 is 14.4 Å². The highest BCUT2D eigenvalue weighted by molar-refractivity contribution is 9.10. The third-order valence-electron chi connectivity index (χ3n) is 3.57. The van der Waals surface area contributed by atoms with E-state index in [1.54, 1.807) is 6.33 Å². The molecule has 1 unspecified atom stereocenters. The molecule has 22 heavy (non-hydrogen) atoms. The van der Waals surface area contributed by atoms with Crippen LogP contribution < -0.4 is 9.64 Å². The van der Waals surface area contributed by atoms with E-state index in [1.807, 2.05) is 19.2 Å². The molecule has 7 heteroatoms. The van der Waals surface area contributed by atoms with Gasteiger partial charge in [-0.05, 0) is 34.8 Å². The van der Waals surface area contributed by atoms with E-state index in [9.17, 15) is 0 Å². The highest BCUT2D eigenvalue weighted by Crippen LogP contribution is 2.31. The average Bonchev–Trinajstić information content (AvgIpc) is 3.20. The molecule has 1 aliphatic rings. The summed E-state index contributed by atoms with van der Waals surface area (Å²) in [4.78, 5) is 6.30. The molecular weight excluding hydrogens is 366 g/mol. The van der Waals surface area contributed by atoms with Gasteiger partial charge in [0.2, 0.25) is 5.13 Å². The van der Waals surface area contributed by atoms with E-state index < -0.39 is 0 Å². The minimum absolute atomic E-state index is 0.209. The van der Waals surface area contributed by atoms with Crippen LogP contribution in [0.5, 0.6) is 5.75 Å². The van der Waals surface area contributed by atoms with Gasteiger partial charge in [0.15, 0.2) is 0 Å². The van der Waals surface area contributed by atoms with Crippen LogP contribution in [-0.4, -0.2) is 35.7 Å². The summed E-state index contributed by atoms with van der Waals surface area (Å²) in [6, 6.07) is 6.10. The lowest BCUT2D eigenvalue weighted by Gasteiger charge is -2.20. The lowest BCUT2D eigenvalue weighted by atomic mass is 10.2. The summed E-state index contributed by atoms with van der Waals surface area (Å²) in [5, 5.41) is 0.894. The van der Waals surface area contributed by atoms with Gasteiger partial charge in [0.05, 0.1) is 10.6 Å². The van der Waals surface area contributed by atoms with Crippen LogP contribution in [0.25, 0.3) is 0 Å². The van der Waals surface area contributed by atoms with E-state index in [2.05, 4.69) is 36.3 Å². The molecule has 1 aromatic carbocycles. The van der Waals surface area contributed by atoms with E-state index in [1.165, 1.54) is 11.5 Å². The van der Waals surface area contributed by atoms with Crippen LogP contribution in [0.2, 0.25) is 0 Å². The van der Waals surface area contributed by atoms with Gasteiger partial charge in [-0.25, -0.2) is 4.98 Å². The molecule has 0 radical (unpaired) electrons. The first-order valence-electron chi connectivity index (χ1n) is 7.23. The molecule has 1 aliphatic heterocycles. The number of para-hydroxylation sites is 1. The van der Waals surface area contributed by atoms with Crippen LogP contribution in [-0.2, 0) is 11.3 Å². The molecule has 2 heterocycles. The Hall–Kier alpha value is -1.18. The van der Waals surface area contributed by atoms with Gasteiger partial charge in [0.25, 0.3) is 0 Å². The fourth-order valence-electron chi connectivity index (χ4n) is 2.45. The van der Waals surface area contributed by atoms with Gasteiger partial charge in [-0.15, -0.1) is 0 Å². The molecule has 0 bridgehead atoms. The average molecular weight is 384 g/mol. The van der Waals surface area contributed by atoms with Crippen molar-refractivity contribution in [1.82, 2.24) is 9.36 Å². The summed E-state index contributed by atoms with van der Waals surface area (Å²) < 4.78 is 16.7. The van der Waals surface area contributed by atoms with E-state index in [0.717, 1.165) is 46.9 Å². The van der Waals surface area contributed by atoms with Gasteiger partial charge in [-0.1, -0.05) is 12.1 Å². The first-order valence-corrected chi connectivity index (χ1v) is 8.80. The molecular formula is C15H18BrN3O2S. The van der Waals surface area contributed by atoms with Crippen molar-refractivity contribution < 1.29 is 9.47 Å². The topological polar surface area (TPSA) is 47.5 Å². The van der Waals surface area contributed by atoms with Crippen LogP contribution in [0.1, 0.15) is 18.4 Å². The van der Waals surface area contributed by atoms with Gasteiger partial charge in [-0.3, -0.25) is 0 Å². The molecule has 1 atom stereocenters. The third-order valence-corrected chi connectivity index (χ3v) is 4.97. The molecule has 2 aromatic rings. The maximum atomic E-state index is 6.04. The predicted molar refractivity (Wildman–Crippen MR) is 90.6 cm³/mol. The number of ether oxygens (including phenoxy) is 2. The van der Waals surface area contributed by atoms with Gasteiger partial charge >= 0.3 is 0 Å². The summed E-state index contributed by atoms with van der Waals surface area (Å²) in [7, 11) is 2.01. The Morgan fingerprint density at radius 1 is 1.50 bits per heavy atom. The number of anilines is 1. The third kappa shape index (κ3) is 3.77. The zero-order chi connectivity index (χ0) is 15.4. The summed E-state index contributed by atoms with van der Waals surface area (Å²) in [5.74, 6) is 0.884. The molecule has 1 aromatic heterocycles. The maximum absolute atomic E-state index is 6.04. The molecule has 0 saturated carbocycles. The van der Waals surface area contributed by atoms with Crippen molar-refractivity contribution in [2.45, 2.75) is 25.5 Å². The van der Waals surface area contributed by atoms with Crippen LogP contribution in [0.3, 0.4) is 0 Å². The van der Waals surface area contributed by atoms with E-state index in [0.29, 0.717) is 6.61 Å². The molecule has 118 valence electrons. The summed E-state index contributed by atoms with van der Waals surface area (Å²) >= 11 is 4.97. The van der Waals surface area contributed by atoms with E-state index >= 15 is 0 Å². The molecule has 0 amide bonds. The van der Waals surface area contributed by atoms with Crippen LogP contribution in [0, 0.1) is 0 Å². The Morgan fingerprint density at radius 2 is 2.41 bits per heavy atom. The number of benzene rings is 1. The molecule has 3 rings (SSSR count). The summed E-state index contributed by atoms with van der Waals surface area (Å²) in [5.41, 5.74) is 1.12. The Bertz CT molecular complexity index is 603. The van der Waals surface area contributed by atoms with Crippen LogP contribution >= 0.6 is 27.5 Å². The van der Waals surface area contributed by atoms with Crippen molar-refractivity contribution in [3.8, 4) is 5.75 Å². The van der Waals surface area contributed by atoms with Gasteiger partial charge in [-0.2, -0.15) is 4.37 Å². The Balaban J connectivity index is 1.71. The van der Waals surface area contributed by atoms with Gasteiger partial charge in [0.1, 0.15) is 18.7 Å². The fourth-order valence-corrected chi connectivity index (χ4v) is 3.46. The Labute approximate surface area is 142 Å². The van der Waals surface area contributed by atoms with Crippen molar-refractivity contribution in [2.24, 2.45) is 0 Å². The zero-order valence-corrected chi connectivity index (χ0v) is 14.8. The summed E-state index contributed by atoms with van der Waals surface area (Å²) in [6.07, 6.45) is 3.98. The zero-order valence-electron chi connectivity index (χ0n) is 12.4. The van der Waals surface area contributed by atoms with Crippen molar-refractivity contribution in [1.29, 1.82) is 0 Å². The molecule has 1 saturated heterocycles. The minimum Gasteiger partial charge on any atom is -0.489 e. The molecule has 1 fully saturated rings. The van der Waals surface area contributed by atoms with Gasteiger partial charge in [0, 0.05) is 37.3 Å². The highest BCUT2D eigenvalue weighted by Gasteiger charge is 2.18. The second-order valence-corrected chi connectivity index (χ2v) is 6.87. The van der Waals surface area contributed by atoms with Crippen molar-refractivity contribution in [2.75, 3.05) is 25.2 Å². The molecule has 0 aliphatic carbocycles. The molecule has 0 N–H and O–H groups in total. The highest BCUT2D eigenvalue weighted by atomic mass is 79.9. The molecule has 5 nitrogen and oxygen atoms in total. The van der Waals surface area contributed by atoms with E-state index in [-0.39, 0.29) is 6.10 Å². The maximum Gasteiger partial charge on any atom is 0.204 e. The monoisotopic (exact) mass is 383 g/mol. The van der Waals surface area contributed by atoms with Crippen molar-refractivity contribution in [3.63, 3.8) is 0 Å². The number of aromatic nitrogens is 2. The minimum atomic E-state index is 0.209.